The summed E-state index contributed by atoms with van der Waals surface area (Å²) in [7, 11) is -4.60. The van der Waals surface area contributed by atoms with E-state index < -0.39 is 32.5 Å². The van der Waals surface area contributed by atoms with Gasteiger partial charge in [0.1, 0.15) is 6.54 Å². The van der Waals surface area contributed by atoms with Crippen LogP contribution in [0.4, 0.5) is 5.69 Å². The summed E-state index contributed by atoms with van der Waals surface area (Å²) in [5.74, 6) is -0.456. The molecule has 2 rings (SSSR count). The predicted molar refractivity (Wildman–Crippen MR) is 122 cm³/mol. The Kier molecular flexibility index (Phi) is 7.85. The monoisotopic (exact) mass is 467 g/mol. The summed E-state index contributed by atoms with van der Waals surface area (Å²) in [6.07, 6.45) is 1.65. The minimum atomic E-state index is -3.78. The van der Waals surface area contributed by atoms with Crippen LogP contribution in [-0.2, 0) is 24.8 Å². The smallest absolute Gasteiger partial charge is 0.242 e. The highest BCUT2D eigenvalue weighted by Crippen LogP contribution is 2.22. The van der Waals surface area contributed by atoms with Crippen molar-refractivity contribution in [1.29, 1.82) is 0 Å². The number of benzene rings is 2. The highest BCUT2D eigenvalue weighted by Gasteiger charge is 2.24. The highest BCUT2D eigenvalue weighted by atomic mass is 32.2. The molecule has 10 heteroatoms. The Morgan fingerprint density at radius 2 is 1.52 bits per heavy atom. The predicted octanol–water partition coefficient (Wildman–Crippen LogP) is 2.28. The van der Waals surface area contributed by atoms with E-state index in [9.17, 15) is 21.6 Å². The van der Waals surface area contributed by atoms with E-state index in [1.165, 1.54) is 38.4 Å². The molecule has 1 unspecified atom stereocenters. The minimum absolute atomic E-state index is 0.0320. The highest BCUT2D eigenvalue weighted by molar-refractivity contribution is 7.92. The number of anilines is 1. The van der Waals surface area contributed by atoms with Crippen molar-refractivity contribution in [2.45, 2.75) is 31.2 Å². The molecule has 0 spiro atoms. The van der Waals surface area contributed by atoms with Crippen LogP contribution >= 0.6 is 0 Å². The Bertz CT molecular complexity index is 1110. The van der Waals surface area contributed by atoms with Crippen molar-refractivity contribution in [3.63, 3.8) is 0 Å². The molecule has 1 amide bonds. The van der Waals surface area contributed by atoms with Gasteiger partial charge >= 0.3 is 0 Å². The molecule has 0 saturated carbocycles. The van der Waals surface area contributed by atoms with Gasteiger partial charge in [-0.25, -0.2) is 21.1 Å². The van der Waals surface area contributed by atoms with Gasteiger partial charge in [0.05, 0.1) is 22.9 Å². The molecule has 8 nitrogen and oxygen atoms in total. The number of amides is 1. The molecule has 170 valence electrons. The van der Waals surface area contributed by atoms with Crippen LogP contribution in [0.25, 0.3) is 0 Å². The fourth-order valence-electron chi connectivity index (χ4n) is 2.99. The van der Waals surface area contributed by atoms with Crippen molar-refractivity contribution >= 4 is 31.6 Å². The first kappa shape index (κ1) is 24.8. The largest absolute Gasteiger partial charge is 0.348 e. The number of aryl methyl sites for hydroxylation is 1. The SMILES string of the molecule is CCC(NC(=O)CN(c1ccc(S(=O)(=O)N(C)C)cc1)S(C)(=O)=O)c1ccc(C)cc1. The lowest BCUT2D eigenvalue weighted by Gasteiger charge is -2.24. The average molecular weight is 468 g/mol. The molecule has 0 aliphatic heterocycles. The van der Waals surface area contributed by atoms with E-state index in [0.29, 0.717) is 6.42 Å². The van der Waals surface area contributed by atoms with Crippen molar-refractivity contribution in [2.75, 3.05) is 31.2 Å². The van der Waals surface area contributed by atoms with Gasteiger partial charge in [-0.05, 0) is 43.2 Å². The van der Waals surface area contributed by atoms with Crippen molar-refractivity contribution < 1.29 is 21.6 Å². The Morgan fingerprint density at radius 1 is 0.968 bits per heavy atom. The van der Waals surface area contributed by atoms with Crippen molar-refractivity contribution in [1.82, 2.24) is 9.62 Å². The molecular weight excluding hydrogens is 438 g/mol. The number of nitrogens with zero attached hydrogens (tertiary/aromatic N) is 2. The second kappa shape index (κ2) is 9.80. The Labute approximate surface area is 185 Å². The Hall–Kier alpha value is -2.43. The van der Waals surface area contributed by atoms with E-state index in [1.807, 2.05) is 38.1 Å². The molecule has 0 aromatic heterocycles. The van der Waals surface area contributed by atoms with E-state index >= 15 is 0 Å². The molecule has 0 fully saturated rings. The number of carbonyl (C=O) groups excluding carboxylic acids is 1. The summed E-state index contributed by atoms with van der Waals surface area (Å²) in [6, 6.07) is 12.9. The summed E-state index contributed by atoms with van der Waals surface area (Å²) in [6.45, 7) is 3.49. The first-order valence-electron chi connectivity index (χ1n) is 9.72. The molecule has 2 aromatic rings. The van der Waals surface area contributed by atoms with Gasteiger partial charge in [0, 0.05) is 14.1 Å². The van der Waals surface area contributed by atoms with Crippen LogP contribution in [0.3, 0.4) is 0 Å². The number of hydrogen-bond acceptors (Lipinski definition) is 5. The quantitative estimate of drug-likeness (QED) is 0.609. The van der Waals surface area contributed by atoms with Gasteiger partial charge in [-0.2, -0.15) is 0 Å². The van der Waals surface area contributed by atoms with Gasteiger partial charge in [0.15, 0.2) is 0 Å². The number of rotatable bonds is 9. The van der Waals surface area contributed by atoms with Gasteiger partial charge in [0.25, 0.3) is 0 Å². The van der Waals surface area contributed by atoms with Crippen LogP contribution in [0.15, 0.2) is 53.4 Å². The summed E-state index contributed by atoms with van der Waals surface area (Å²) >= 11 is 0. The normalized spacial score (nSPS) is 13.1. The minimum Gasteiger partial charge on any atom is -0.348 e. The molecular formula is C21H29N3O5S2. The zero-order valence-corrected chi connectivity index (χ0v) is 20.0. The molecule has 31 heavy (non-hydrogen) atoms. The van der Waals surface area contributed by atoms with Crippen LogP contribution in [0.5, 0.6) is 0 Å². The number of carbonyl (C=O) groups is 1. The standard InChI is InChI=1S/C21H29N3O5S2/c1-6-20(17-9-7-16(2)8-10-17)22-21(25)15-24(30(5,26)27)18-11-13-19(14-12-18)31(28,29)23(3)4/h7-14,20H,6,15H2,1-5H3,(H,22,25). The lowest BCUT2D eigenvalue weighted by atomic mass is 10.0. The van der Waals surface area contributed by atoms with Crippen molar-refractivity contribution in [2.24, 2.45) is 0 Å². The van der Waals surface area contributed by atoms with Crippen LogP contribution in [0.2, 0.25) is 0 Å². The van der Waals surface area contributed by atoms with E-state index in [2.05, 4.69) is 5.32 Å². The molecule has 0 heterocycles. The maximum absolute atomic E-state index is 12.7. The zero-order valence-electron chi connectivity index (χ0n) is 18.4. The second-order valence-corrected chi connectivity index (χ2v) is 11.5. The maximum atomic E-state index is 12.7. The average Bonchev–Trinajstić information content (AvgIpc) is 2.70. The van der Waals surface area contributed by atoms with Gasteiger partial charge in [-0.3, -0.25) is 9.10 Å². The Balaban J connectivity index is 2.23. The van der Waals surface area contributed by atoms with Crippen LogP contribution in [-0.4, -0.2) is 53.9 Å². The molecule has 0 saturated heterocycles. The Morgan fingerprint density at radius 3 is 1.97 bits per heavy atom. The molecule has 0 bridgehead atoms. The second-order valence-electron chi connectivity index (χ2n) is 7.49. The lowest BCUT2D eigenvalue weighted by Crippen LogP contribution is -2.41. The van der Waals surface area contributed by atoms with E-state index in [1.54, 1.807) is 0 Å². The van der Waals surface area contributed by atoms with E-state index in [0.717, 1.165) is 26.0 Å². The van der Waals surface area contributed by atoms with Crippen LogP contribution in [0, 0.1) is 6.92 Å². The van der Waals surface area contributed by atoms with Gasteiger partial charge in [-0.1, -0.05) is 36.8 Å². The third kappa shape index (κ3) is 6.28. The van der Waals surface area contributed by atoms with Crippen LogP contribution < -0.4 is 9.62 Å². The first-order chi connectivity index (χ1) is 14.4. The molecule has 2 aromatic carbocycles. The zero-order chi connectivity index (χ0) is 23.4. The fraction of sp³-hybridized carbons (Fsp3) is 0.381. The number of nitrogens with one attached hydrogen (secondary N) is 1. The van der Waals surface area contributed by atoms with Crippen molar-refractivity contribution in [3.05, 3.63) is 59.7 Å². The van der Waals surface area contributed by atoms with Crippen LogP contribution in [0.1, 0.15) is 30.5 Å². The third-order valence-electron chi connectivity index (χ3n) is 4.81. The summed E-state index contributed by atoms with van der Waals surface area (Å²) < 4.78 is 51.2. The third-order valence-corrected chi connectivity index (χ3v) is 7.78. The topological polar surface area (TPSA) is 104 Å². The fourth-order valence-corrected chi connectivity index (χ4v) is 4.74. The first-order valence-corrected chi connectivity index (χ1v) is 13.0. The van der Waals surface area contributed by atoms with E-state index in [-0.39, 0.29) is 16.6 Å². The van der Waals surface area contributed by atoms with Gasteiger partial charge < -0.3 is 5.32 Å². The lowest BCUT2D eigenvalue weighted by molar-refractivity contribution is -0.120. The number of sulfonamides is 2. The maximum Gasteiger partial charge on any atom is 0.242 e. The summed E-state index contributed by atoms with van der Waals surface area (Å²) in [5, 5.41) is 2.88. The molecule has 1 N–H and O–H groups in total. The van der Waals surface area contributed by atoms with Crippen molar-refractivity contribution in [3.8, 4) is 0 Å². The van der Waals surface area contributed by atoms with Gasteiger partial charge in [0.2, 0.25) is 26.0 Å². The summed E-state index contributed by atoms with van der Waals surface area (Å²) in [5.41, 5.74) is 2.25. The van der Waals surface area contributed by atoms with E-state index in [4.69, 9.17) is 0 Å². The van der Waals surface area contributed by atoms with Gasteiger partial charge in [-0.15, -0.1) is 0 Å². The molecule has 1 atom stereocenters. The number of hydrogen-bond donors (Lipinski definition) is 1. The molecule has 0 radical (unpaired) electrons. The molecule has 0 aliphatic carbocycles. The molecule has 0 aliphatic rings. The summed E-state index contributed by atoms with van der Waals surface area (Å²) in [4.78, 5) is 12.7.